The molecule has 2 atom stereocenters. The molecule has 2 saturated carbocycles. The summed E-state index contributed by atoms with van der Waals surface area (Å²) < 4.78 is 20.4. The summed E-state index contributed by atoms with van der Waals surface area (Å²) in [5.74, 6) is -2.53. The zero-order valence-corrected chi connectivity index (χ0v) is 17.1. The van der Waals surface area contributed by atoms with Crippen LogP contribution < -0.4 is 9.61 Å². The molecule has 2 heterocycles. The van der Waals surface area contributed by atoms with E-state index in [-0.39, 0.29) is 33.8 Å². The Hall–Kier alpha value is -2.45. The first kappa shape index (κ1) is 19.5. The molecular weight excluding hydrogens is 415 g/mol. The van der Waals surface area contributed by atoms with E-state index in [2.05, 4.69) is 0 Å². The van der Waals surface area contributed by atoms with Crippen LogP contribution in [0.25, 0.3) is 0 Å². The Balaban J connectivity index is 1.57. The molecule has 1 N–H and O–H groups in total. The lowest BCUT2D eigenvalue weighted by molar-refractivity contribution is -0.147. The minimum Gasteiger partial charge on any atom is -0.477 e. The van der Waals surface area contributed by atoms with E-state index in [1.165, 1.54) is 13.0 Å². The predicted molar refractivity (Wildman–Crippen MR) is 107 cm³/mol. The van der Waals surface area contributed by atoms with E-state index >= 15 is 4.48 Å². The highest BCUT2D eigenvalue weighted by atomic mass is 35.5. The number of hydrogen-bond donors (Lipinski definition) is 1. The molecule has 2 aliphatic carbocycles. The van der Waals surface area contributed by atoms with Gasteiger partial charge in [0.05, 0.1) is 17.8 Å². The number of nitrogens with zero attached hydrogens (tertiary/aromatic N) is 2. The van der Waals surface area contributed by atoms with E-state index in [4.69, 9.17) is 16.3 Å². The Bertz CT molecular complexity index is 1030. The molecule has 2 unspecified atom stereocenters. The molecule has 0 aromatic heterocycles. The molecule has 158 valence electrons. The number of aliphatic carboxylic acids is 1. The Morgan fingerprint density at radius 2 is 2.03 bits per heavy atom. The van der Waals surface area contributed by atoms with Crippen molar-refractivity contribution in [1.82, 2.24) is 4.71 Å². The van der Waals surface area contributed by atoms with Gasteiger partial charge in [-0.1, -0.05) is 16.3 Å². The summed E-state index contributed by atoms with van der Waals surface area (Å²) in [4.78, 5) is 37.7. The number of Topliss-reactive ketones (excluding diaryl/α,β-unsaturated/α-hetero) is 1. The minimum atomic E-state index is -1.45. The van der Waals surface area contributed by atoms with Crippen molar-refractivity contribution < 1.29 is 28.7 Å². The van der Waals surface area contributed by atoms with Gasteiger partial charge in [0.15, 0.2) is 11.8 Å². The van der Waals surface area contributed by atoms with Crippen LogP contribution in [0.5, 0.6) is 0 Å². The number of halogens is 2. The lowest BCUT2D eigenvalue weighted by atomic mass is 9.96. The van der Waals surface area contributed by atoms with Gasteiger partial charge < -0.3 is 14.7 Å². The fourth-order valence-electron chi connectivity index (χ4n) is 4.79. The highest BCUT2D eigenvalue weighted by Gasteiger charge is 2.59. The first-order valence-electron chi connectivity index (χ1n) is 10.0. The van der Waals surface area contributed by atoms with Crippen molar-refractivity contribution in [2.75, 3.05) is 18.0 Å². The highest BCUT2D eigenvalue weighted by Crippen LogP contribution is 2.57. The molecular formula is C21H21ClFN2O5+. The van der Waals surface area contributed by atoms with Gasteiger partial charge in [0.2, 0.25) is 11.5 Å². The second kappa shape index (κ2) is 6.28. The Morgan fingerprint density at radius 3 is 2.60 bits per heavy atom. The van der Waals surface area contributed by atoms with Crippen molar-refractivity contribution in [2.45, 2.75) is 44.8 Å². The van der Waals surface area contributed by atoms with Crippen LogP contribution in [0.15, 0.2) is 23.9 Å². The van der Waals surface area contributed by atoms with E-state index in [0.29, 0.717) is 31.6 Å². The van der Waals surface area contributed by atoms with Gasteiger partial charge in [-0.25, -0.2) is 4.79 Å². The molecule has 7 nitrogen and oxygen atoms in total. The van der Waals surface area contributed by atoms with E-state index in [0.717, 1.165) is 19.0 Å². The summed E-state index contributed by atoms with van der Waals surface area (Å²) in [6.45, 7) is 2.45. The SMILES string of the molecule is CC(=O)OC1CN(c2ccc3c(c2Cl)[N+](F)(C2CC2)C=C(C(=O)O)C3=O)CC12CC2. The maximum atomic E-state index is 16.1. The zero-order chi connectivity index (χ0) is 21.4. The number of ether oxygens (including phenoxy) is 1. The average molecular weight is 436 g/mol. The number of carbonyl (C=O) groups is 3. The lowest BCUT2D eigenvalue weighted by Crippen LogP contribution is -2.43. The average Bonchev–Trinajstić information content (AvgIpc) is 3.56. The van der Waals surface area contributed by atoms with Crippen LogP contribution in [0.2, 0.25) is 5.02 Å². The quantitative estimate of drug-likeness (QED) is 0.443. The number of quaternary nitrogens is 1. The third-order valence-corrected chi connectivity index (χ3v) is 7.04. The van der Waals surface area contributed by atoms with E-state index in [1.54, 1.807) is 6.07 Å². The van der Waals surface area contributed by atoms with Gasteiger partial charge in [-0.15, -0.1) is 0 Å². The predicted octanol–water partition coefficient (Wildman–Crippen LogP) is 3.39. The van der Waals surface area contributed by atoms with Gasteiger partial charge in [0, 0.05) is 36.2 Å². The van der Waals surface area contributed by atoms with Gasteiger partial charge in [0.25, 0.3) is 0 Å². The van der Waals surface area contributed by atoms with Crippen LogP contribution in [-0.4, -0.2) is 48.1 Å². The monoisotopic (exact) mass is 435 g/mol. The number of rotatable bonds is 4. The Kier molecular flexibility index (Phi) is 4.08. The van der Waals surface area contributed by atoms with Crippen molar-refractivity contribution in [1.29, 1.82) is 0 Å². The molecule has 0 radical (unpaired) electrons. The first-order valence-corrected chi connectivity index (χ1v) is 10.4. The summed E-state index contributed by atoms with van der Waals surface area (Å²) in [6.07, 6.45) is 3.67. The maximum absolute atomic E-state index is 16.1. The van der Waals surface area contributed by atoms with Crippen LogP contribution in [-0.2, 0) is 14.3 Å². The molecule has 3 fully saturated rings. The molecule has 1 aromatic carbocycles. The lowest BCUT2D eigenvalue weighted by Gasteiger charge is -2.30. The van der Waals surface area contributed by atoms with Crippen LogP contribution >= 0.6 is 11.6 Å². The van der Waals surface area contributed by atoms with Gasteiger partial charge in [-0.3, -0.25) is 9.59 Å². The zero-order valence-electron chi connectivity index (χ0n) is 16.4. The standard InChI is InChI=1S/C21H20ClFN2O5/c1-11(26)30-16-8-24(10-21(16)6-7-21)15-5-4-13-18(17(15)22)25(23,12-2-3-12)9-14(19(13)27)20(28)29/h4-5,9,12,16H,2-3,6-8,10H2,1H3/p+1. The first-order chi connectivity index (χ1) is 14.2. The molecule has 9 heteroatoms. The second-order valence-electron chi connectivity index (χ2n) is 8.73. The van der Waals surface area contributed by atoms with Crippen molar-refractivity contribution >= 4 is 40.7 Å². The minimum absolute atomic E-state index is 0.00690. The number of carboxylic acid groups (broad SMARTS) is 1. The second-order valence-corrected chi connectivity index (χ2v) is 9.11. The molecule has 4 aliphatic rings. The van der Waals surface area contributed by atoms with Crippen molar-refractivity contribution in [3.8, 4) is 0 Å². The molecule has 0 bridgehead atoms. The third kappa shape index (κ3) is 2.77. The molecule has 1 spiro atoms. The number of hydrogen-bond acceptors (Lipinski definition) is 5. The topological polar surface area (TPSA) is 83.9 Å². The molecule has 2 aliphatic heterocycles. The van der Waals surface area contributed by atoms with Gasteiger partial charge in [-0.05, 0) is 25.0 Å². The van der Waals surface area contributed by atoms with E-state index < -0.39 is 28.1 Å². The fourth-order valence-corrected chi connectivity index (χ4v) is 5.20. The van der Waals surface area contributed by atoms with Gasteiger partial charge >= 0.3 is 11.9 Å². The summed E-state index contributed by atoms with van der Waals surface area (Å²) in [5.41, 5.74) is -0.122. The molecule has 30 heavy (non-hydrogen) atoms. The maximum Gasteiger partial charge on any atom is 0.345 e. The Labute approximate surface area is 177 Å². The Morgan fingerprint density at radius 1 is 1.33 bits per heavy atom. The molecule has 0 amide bonds. The van der Waals surface area contributed by atoms with Gasteiger partial charge in [0.1, 0.15) is 17.2 Å². The summed E-state index contributed by atoms with van der Waals surface area (Å²) in [5, 5.41) is 9.49. The van der Waals surface area contributed by atoms with Crippen molar-refractivity contribution in [3.63, 3.8) is 0 Å². The number of carbonyl (C=O) groups excluding carboxylic acids is 2. The van der Waals surface area contributed by atoms with Crippen molar-refractivity contribution in [3.05, 3.63) is 34.5 Å². The largest absolute Gasteiger partial charge is 0.477 e. The van der Waals surface area contributed by atoms with Crippen LogP contribution in [0.4, 0.5) is 15.9 Å². The highest BCUT2D eigenvalue weighted by molar-refractivity contribution is 6.38. The van der Waals surface area contributed by atoms with E-state index in [9.17, 15) is 19.5 Å². The third-order valence-electron chi connectivity index (χ3n) is 6.67. The summed E-state index contributed by atoms with van der Waals surface area (Å²) >= 11 is 6.69. The van der Waals surface area contributed by atoms with E-state index in [1.807, 2.05) is 4.90 Å². The smallest absolute Gasteiger partial charge is 0.345 e. The number of benzene rings is 1. The summed E-state index contributed by atoms with van der Waals surface area (Å²) in [7, 11) is 0. The number of fused-ring (bicyclic) bond motifs is 1. The number of carboxylic acids is 1. The van der Waals surface area contributed by atoms with Gasteiger partial charge in [-0.2, -0.15) is 0 Å². The summed E-state index contributed by atoms with van der Waals surface area (Å²) in [6, 6.07) is 2.64. The number of ketones is 1. The molecule has 5 rings (SSSR count). The molecule has 1 aromatic rings. The van der Waals surface area contributed by atoms with Crippen LogP contribution in [0, 0.1) is 5.41 Å². The van der Waals surface area contributed by atoms with Crippen molar-refractivity contribution in [2.24, 2.45) is 5.41 Å². The fraction of sp³-hybridized carbons (Fsp3) is 0.476. The number of esters is 1. The number of anilines is 1. The van der Waals surface area contributed by atoms with Crippen LogP contribution in [0.1, 0.15) is 43.0 Å². The normalized spacial score (nSPS) is 28.9. The van der Waals surface area contributed by atoms with Crippen LogP contribution in [0.3, 0.4) is 0 Å². The molecule has 1 saturated heterocycles.